The van der Waals surface area contributed by atoms with Gasteiger partial charge in [0.15, 0.2) is 0 Å². The summed E-state index contributed by atoms with van der Waals surface area (Å²) in [7, 11) is 3.58. The topological polar surface area (TPSA) is 12.5 Å². The van der Waals surface area contributed by atoms with Gasteiger partial charge in [0.05, 0.1) is 6.61 Å². The van der Waals surface area contributed by atoms with E-state index in [2.05, 4.69) is 4.90 Å². The van der Waals surface area contributed by atoms with Crippen LogP contribution in [0.5, 0.6) is 0 Å². The fraction of sp³-hybridized carbons (Fsp3) is 1.00. The summed E-state index contributed by atoms with van der Waals surface area (Å²) in [6.07, 6.45) is 1.22. The first kappa shape index (κ1) is 12.8. The maximum atomic E-state index is 13.6. The highest BCUT2D eigenvalue weighted by Crippen LogP contribution is 2.25. The number of halogens is 1. The number of hydrogen-bond donors (Lipinski definition) is 0. The van der Waals surface area contributed by atoms with Crippen molar-refractivity contribution in [1.29, 1.82) is 0 Å². The van der Waals surface area contributed by atoms with Crippen LogP contribution in [0.1, 0.15) is 26.7 Å². The number of hydrogen-bond acceptors (Lipinski definition) is 2. The van der Waals surface area contributed by atoms with Gasteiger partial charge < -0.3 is 9.64 Å². The Kier molecular flexibility index (Phi) is 6.25. The van der Waals surface area contributed by atoms with Gasteiger partial charge in [-0.25, -0.2) is 4.39 Å². The molecular formula is C10H22FNO. The molecular weight excluding hydrogens is 169 g/mol. The first-order chi connectivity index (χ1) is 6.16. The van der Waals surface area contributed by atoms with Crippen molar-refractivity contribution in [3.8, 4) is 0 Å². The molecule has 0 aromatic rings. The Morgan fingerprint density at radius 1 is 1.31 bits per heavy atom. The number of methoxy groups -OCH3 is 1. The largest absolute Gasteiger partial charge is 0.381 e. The fourth-order valence-corrected chi connectivity index (χ4v) is 1.42. The van der Waals surface area contributed by atoms with Crippen molar-refractivity contribution in [1.82, 2.24) is 4.90 Å². The van der Waals surface area contributed by atoms with E-state index >= 15 is 0 Å². The van der Waals surface area contributed by atoms with Gasteiger partial charge >= 0.3 is 0 Å². The van der Waals surface area contributed by atoms with Gasteiger partial charge in [-0.05, 0) is 19.9 Å². The van der Waals surface area contributed by atoms with Crippen LogP contribution in [0.3, 0.4) is 0 Å². The molecule has 1 aliphatic rings. The average Bonchev–Trinajstić information content (AvgIpc) is 2.15. The summed E-state index contributed by atoms with van der Waals surface area (Å²) < 4.78 is 18.4. The van der Waals surface area contributed by atoms with Crippen molar-refractivity contribution < 1.29 is 9.13 Å². The standard InChI is InChI=1S/C8H16FNO.C2H6/c1-10-5-3-8(9,4-6-10)7-11-2;1-2/h3-7H2,1-2H3;1-2H3. The van der Waals surface area contributed by atoms with E-state index < -0.39 is 5.67 Å². The van der Waals surface area contributed by atoms with E-state index in [4.69, 9.17) is 4.74 Å². The van der Waals surface area contributed by atoms with Gasteiger partial charge in [0, 0.05) is 20.2 Å². The molecule has 0 aromatic carbocycles. The molecule has 1 fully saturated rings. The molecule has 0 amide bonds. The quantitative estimate of drug-likeness (QED) is 0.662. The van der Waals surface area contributed by atoms with Crippen LogP contribution >= 0.6 is 0 Å². The zero-order valence-electron chi connectivity index (χ0n) is 9.27. The molecule has 1 heterocycles. The number of rotatable bonds is 2. The molecule has 3 heteroatoms. The molecule has 0 bridgehead atoms. The molecule has 0 spiro atoms. The Hall–Kier alpha value is -0.150. The van der Waals surface area contributed by atoms with Gasteiger partial charge in [0.25, 0.3) is 0 Å². The summed E-state index contributed by atoms with van der Waals surface area (Å²) in [4.78, 5) is 2.15. The van der Waals surface area contributed by atoms with Gasteiger partial charge in [-0.2, -0.15) is 0 Å². The van der Waals surface area contributed by atoms with E-state index in [9.17, 15) is 4.39 Å². The van der Waals surface area contributed by atoms with E-state index in [1.165, 1.54) is 0 Å². The second kappa shape index (κ2) is 6.33. The number of likely N-dealkylation sites (tertiary alicyclic amines) is 1. The number of ether oxygens (including phenoxy) is 1. The third-order valence-electron chi connectivity index (χ3n) is 2.29. The lowest BCUT2D eigenvalue weighted by Crippen LogP contribution is -2.42. The van der Waals surface area contributed by atoms with Crippen molar-refractivity contribution in [2.45, 2.75) is 32.4 Å². The Labute approximate surface area is 81.1 Å². The predicted molar refractivity (Wildman–Crippen MR) is 53.8 cm³/mol. The van der Waals surface area contributed by atoms with Gasteiger partial charge in [0.2, 0.25) is 0 Å². The van der Waals surface area contributed by atoms with Gasteiger partial charge in [0.1, 0.15) is 5.67 Å². The van der Waals surface area contributed by atoms with Crippen LogP contribution in [0, 0.1) is 0 Å². The zero-order valence-corrected chi connectivity index (χ0v) is 9.27. The molecule has 0 saturated carbocycles. The molecule has 1 rings (SSSR count). The van der Waals surface area contributed by atoms with Crippen LogP contribution in [0.4, 0.5) is 4.39 Å². The number of nitrogens with zero attached hydrogens (tertiary/aromatic N) is 1. The molecule has 2 nitrogen and oxygen atoms in total. The molecule has 0 unspecified atom stereocenters. The highest BCUT2D eigenvalue weighted by atomic mass is 19.1. The fourth-order valence-electron chi connectivity index (χ4n) is 1.42. The summed E-state index contributed by atoms with van der Waals surface area (Å²) in [5.74, 6) is 0. The Balaban J connectivity index is 0.000000671. The van der Waals surface area contributed by atoms with Gasteiger partial charge in [-0.1, -0.05) is 13.8 Å². The van der Waals surface area contributed by atoms with E-state index in [0.717, 1.165) is 13.1 Å². The third kappa shape index (κ3) is 4.58. The highest BCUT2D eigenvalue weighted by Gasteiger charge is 2.33. The molecule has 80 valence electrons. The van der Waals surface area contributed by atoms with E-state index in [1.807, 2.05) is 20.9 Å². The lowest BCUT2D eigenvalue weighted by molar-refractivity contribution is -0.00343. The third-order valence-corrected chi connectivity index (χ3v) is 2.29. The zero-order chi connectivity index (χ0) is 10.3. The molecule has 1 aliphatic heterocycles. The van der Waals surface area contributed by atoms with Crippen LogP contribution in [0.2, 0.25) is 0 Å². The maximum absolute atomic E-state index is 13.6. The summed E-state index contributed by atoms with van der Waals surface area (Å²) in [6.45, 7) is 5.94. The minimum Gasteiger partial charge on any atom is -0.381 e. The molecule has 1 saturated heterocycles. The molecule has 0 aliphatic carbocycles. The molecule has 0 atom stereocenters. The minimum absolute atomic E-state index is 0.251. The first-order valence-corrected chi connectivity index (χ1v) is 5.03. The molecule has 13 heavy (non-hydrogen) atoms. The van der Waals surface area contributed by atoms with Crippen LogP contribution in [-0.4, -0.2) is 44.4 Å². The summed E-state index contributed by atoms with van der Waals surface area (Å²) >= 11 is 0. The van der Waals surface area contributed by atoms with E-state index in [-0.39, 0.29) is 6.61 Å². The second-order valence-electron chi connectivity index (χ2n) is 3.39. The van der Waals surface area contributed by atoms with Crippen LogP contribution < -0.4 is 0 Å². The normalized spacial score (nSPS) is 21.9. The minimum atomic E-state index is -1.05. The Bertz CT molecular complexity index is 122. The summed E-state index contributed by atoms with van der Waals surface area (Å²) in [5.41, 5.74) is -1.05. The van der Waals surface area contributed by atoms with Crippen LogP contribution in [0.15, 0.2) is 0 Å². The van der Waals surface area contributed by atoms with Crippen molar-refractivity contribution in [2.75, 3.05) is 33.9 Å². The van der Waals surface area contributed by atoms with Crippen molar-refractivity contribution in [3.05, 3.63) is 0 Å². The predicted octanol–water partition coefficient (Wildman–Crippen LogP) is 2.09. The van der Waals surface area contributed by atoms with Crippen LogP contribution in [0.25, 0.3) is 0 Å². The smallest absolute Gasteiger partial charge is 0.136 e. The molecule has 0 aromatic heterocycles. The number of piperidine rings is 1. The molecule has 0 N–H and O–H groups in total. The average molecular weight is 191 g/mol. The lowest BCUT2D eigenvalue weighted by atomic mass is 9.95. The van der Waals surface area contributed by atoms with Gasteiger partial charge in [-0.3, -0.25) is 0 Å². The summed E-state index contributed by atoms with van der Waals surface area (Å²) in [5, 5.41) is 0. The molecule has 0 radical (unpaired) electrons. The SMILES string of the molecule is CC.COCC1(F)CCN(C)CC1. The van der Waals surface area contributed by atoms with Crippen molar-refractivity contribution in [3.63, 3.8) is 0 Å². The lowest BCUT2D eigenvalue weighted by Gasteiger charge is -2.33. The monoisotopic (exact) mass is 191 g/mol. The van der Waals surface area contributed by atoms with E-state index in [1.54, 1.807) is 7.11 Å². The highest BCUT2D eigenvalue weighted by molar-refractivity contribution is 4.84. The second-order valence-corrected chi connectivity index (χ2v) is 3.39. The van der Waals surface area contributed by atoms with E-state index in [0.29, 0.717) is 12.8 Å². The van der Waals surface area contributed by atoms with Crippen LogP contribution in [-0.2, 0) is 4.74 Å². The Morgan fingerprint density at radius 3 is 2.15 bits per heavy atom. The van der Waals surface area contributed by atoms with Crippen molar-refractivity contribution >= 4 is 0 Å². The first-order valence-electron chi connectivity index (χ1n) is 5.03. The Morgan fingerprint density at radius 2 is 1.77 bits per heavy atom. The van der Waals surface area contributed by atoms with Gasteiger partial charge in [-0.15, -0.1) is 0 Å². The maximum Gasteiger partial charge on any atom is 0.136 e. The summed E-state index contributed by atoms with van der Waals surface area (Å²) in [6, 6.07) is 0. The van der Waals surface area contributed by atoms with Crippen molar-refractivity contribution in [2.24, 2.45) is 0 Å². The number of alkyl halides is 1.